The van der Waals surface area contributed by atoms with Crippen molar-refractivity contribution in [3.05, 3.63) is 48.5 Å². The first kappa shape index (κ1) is 43.4. The summed E-state index contributed by atoms with van der Waals surface area (Å²) in [6.45, 7) is 9.47. The quantitative estimate of drug-likeness (QED) is 0.265. The summed E-state index contributed by atoms with van der Waals surface area (Å²) in [5, 5.41) is 22.5. The number of sulfone groups is 2. The predicted octanol–water partition coefficient (Wildman–Crippen LogP) is 4.07. The summed E-state index contributed by atoms with van der Waals surface area (Å²) < 4.78 is 59.7. The molecule has 0 spiro atoms. The van der Waals surface area contributed by atoms with Gasteiger partial charge in [0, 0.05) is 12.6 Å². The summed E-state index contributed by atoms with van der Waals surface area (Å²) in [6, 6.07) is 11.1. The van der Waals surface area contributed by atoms with Crippen LogP contribution in [0.25, 0.3) is 0 Å². The molecule has 2 aromatic rings. The van der Waals surface area contributed by atoms with Crippen molar-refractivity contribution in [2.75, 3.05) is 39.4 Å². The summed E-state index contributed by atoms with van der Waals surface area (Å²) in [4.78, 5) is 26.0. The number of carboxylic acid groups (broad SMARTS) is 2. The molecule has 2 aliphatic heterocycles. The summed E-state index contributed by atoms with van der Waals surface area (Å²) in [7, 11) is -8.10. The number of piperidine rings is 2. The SMILES string of the molecule is CC#CCOc1ccc(S(=O)(=O)C2(C(=O)O)CCCN(CC)C2CC)cc1.CC#CCOc1ccc(S(=O)(=O)C2(C(=O)O)CCCNC2)cc1.Cl. The van der Waals surface area contributed by atoms with E-state index in [2.05, 4.69) is 29.0 Å². The molecule has 2 saturated heterocycles. The highest BCUT2D eigenvalue weighted by Gasteiger charge is 2.59. The van der Waals surface area contributed by atoms with Crippen LogP contribution in [0.3, 0.4) is 0 Å². The van der Waals surface area contributed by atoms with Gasteiger partial charge in [-0.2, -0.15) is 0 Å². The summed E-state index contributed by atoms with van der Waals surface area (Å²) >= 11 is 0. The zero-order chi connectivity index (χ0) is 37.0. The number of rotatable bonds is 12. The van der Waals surface area contributed by atoms with E-state index in [0.717, 1.165) is 0 Å². The van der Waals surface area contributed by atoms with Crippen molar-refractivity contribution >= 4 is 44.0 Å². The van der Waals surface area contributed by atoms with Gasteiger partial charge in [0.1, 0.15) is 24.7 Å². The van der Waals surface area contributed by atoms with Crippen molar-refractivity contribution in [3.63, 3.8) is 0 Å². The zero-order valence-electron chi connectivity index (χ0n) is 29.3. The molecule has 0 aliphatic carbocycles. The molecule has 15 heteroatoms. The number of likely N-dealkylation sites (tertiary alicyclic amines) is 1. The number of nitrogens with one attached hydrogen (secondary N) is 1. The van der Waals surface area contributed by atoms with E-state index >= 15 is 0 Å². The van der Waals surface area contributed by atoms with Gasteiger partial charge in [0.25, 0.3) is 0 Å². The molecule has 2 aliphatic rings. The number of benzene rings is 2. The second-order valence-electron chi connectivity index (χ2n) is 11.8. The summed E-state index contributed by atoms with van der Waals surface area (Å²) in [5.74, 6) is 9.30. The molecule has 0 amide bonds. The highest BCUT2D eigenvalue weighted by molar-refractivity contribution is 7.94. The van der Waals surface area contributed by atoms with Crippen molar-refractivity contribution in [1.29, 1.82) is 0 Å². The minimum atomic E-state index is -4.09. The van der Waals surface area contributed by atoms with Gasteiger partial charge in [-0.05, 0) is 114 Å². The zero-order valence-corrected chi connectivity index (χ0v) is 31.8. The summed E-state index contributed by atoms with van der Waals surface area (Å²) in [6.07, 6.45) is 1.71. The first-order valence-corrected chi connectivity index (χ1v) is 19.4. The maximum Gasteiger partial charge on any atom is 0.327 e. The fourth-order valence-corrected chi connectivity index (χ4v) is 10.6. The molecule has 0 saturated carbocycles. The molecule has 4 rings (SSSR count). The van der Waals surface area contributed by atoms with Crippen LogP contribution in [0.4, 0.5) is 0 Å². The van der Waals surface area contributed by atoms with Crippen molar-refractivity contribution in [1.82, 2.24) is 10.2 Å². The van der Waals surface area contributed by atoms with Crippen LogP contribution in [0.15, 0.2) is 58.3 Å². The van der Waals surface area contributed by atoms with E-state index in [4.69, 9.17) is 9.47 Å². The lowest BCUT2D eigenvalue weighted by Gasteiger charge is -2.46. The molecule has 280 valence electrons. The minimum absolute atomic E-state index is 0. The topological polar surface area (TPSA) is 177 Å². The fraction of sp³-hybridized carbons (Fsp3) is 0.500. The monoisotopic (exact) mass is 766 g/mol. The standard InChI is InChI=1S/C20H27NO5S.C16H19NO5S.ClH/c1-4-7-15-26-16-9-11-17(12-10-16)27(24,25)20(19(22)23)13-8-14-21(6-3)18(20)5-2;1-2-3-11-22-13-5-7-14(8-6-13)23(20,21)16(15(18)19)9-4-10-17-12-16;/h9-12,18H,5-6,8,13-15H2,1-3H3,(H,22,23);5-8,17H,4,9-12H2,1H3,(H,18,19);1H. The Bertz CT molecular complexity index is 1820. The van der Waals surface area contributed by atoms with Crippen molar-refractivity contribution in [2.45, 2.75) is 85.1 Å². The summed E-state index contributed by atoms with van der Waals surface area (Å²) in [5.41, 5.74) is 0. The van der Waals surface area contributed by atoms with E-state index in [1.165, 1.54) is 36.4 Å². The molecule has 0 bridgehead atoms. The number of hydrogen-bond donors (Lipinski definition) is 3. The highest BCUT2D eigenvalue weighted by Crippen LogP contribution is 2.41. The van der Waals surface area contributed by atoms with E-state index in [1.54, 1.807) is 26.0 Å². The molecule has 12 nitrogen and oxygen atoms in total. The van der Waals surface area contributed by atoms with Crippen LogP contribution in [0, 0.1) is 23.7 Å². The van der Waals surface area contributed by atoms with Gasteiger partial charge in [0.05, 0.1) is 9.79 Å². The average Bonchev–Trinajstić information content (AvgIpc) is 3.12. The molecule has 2 heterocycles. The molecule has 0 aromatic heterocycles. The van der Waals surface area contributed by atoms with Gasteiger partial charge in [0.15, 0.2) is 29.2 Å². The van der Waals surface area contributed by atoms with E-state index in [0.29, 0.717) is 50.4 Å². The molecule has 3 N–H and O–H groups in total. The van der Waals surface area contributed by atoms with Crippen LogP contribution in [0.1, 0.15) is 59.8 Å². The molecule has 3 unspecified atom stereocenters. The number of carboxylic acids is 2. The number of ether oxygens (including phenoxy) is 2. The van der Waals surface area contributed by atoms with Crippen molar-refractivity contribution < 1.29 is 46.1 Å². The van der Waals surface area contributed by atoms with Gasteiger partial charge >= 0.3 is 11.9 Å². The maximum atomic E-state index is 13.5. The van der Waals surface area contributed by atoms with Crippen molar-refractivity contribution in [3.8, 4) is 35.2 Å². The number of aliphatic carboxylic acids is 2. The third kappa shape index (κ3) is 9.18. The first-order valence-electron chi connectivity index (χ1n) is 16.4. The molecular weight excluding hydrogens is 720 g/mol. The lowest BCUT2D eigenvalue weighted by molar-refractivity contribution is -0.144. The van der Waals surface area contributed by atoms with E-state index in [-0.39, 0.29) is 54.8 Å². The Hall–Kier alpha value is -3.79. The predicted molar refractivity (Wildman–Crippen MR) is 196 cm³/mol. The lowest BCUT2D eigenvalue weighted by atomic mass is 9.86. The van der Waals surface area contributed by atoms with E-state index < -0.39 is 47.1 Å². The first-order chi connectivity index (χ1) is 23.8. The molecular formula is C36H47ClN2O10S2. The van der Waals surface area contributed by atoms with E-state index in [9.17, 15) is 36.6 Å². The molecule has 2 aromatic carbocycles. The Kier molecular flexibility index (Phi) is 16.3. The van der Waals surface area contributed by atoms with Crippen LogP contribution < -0.4 is 14.8 Å². The van der Waals surface area contributed by atoms with Crippen LogP contribution in [0.2, 0.25) is 0 Å². The highest BCUT2D eigenvalue weighted by atomic mass is 35.5. The van der Waals surface area contributed by atoms with Crippen molar-refractivity contribution in [2.24, 2.45) is 0 Å². The number of nitrogens with zero attached hydrogens (tertiary/aromatic N) is 1. The minimum Gasteiger partial charge on any atom is -0.481 e. The van der Waals surface area contributed by atoms with Gasteiger partial charge in [-0.3, -0.25) is 14.5 Å². The fourth-order valence-electron chi connectivity index (χ4n) is 6.46. The Morgan fingerprint density at radius 2 is 1.33 bits per heavy atom. The number of hydrogen-bond acceptors (Lipinski definition) is 10. The second kappa shape index (κ2) is 19.2. The van der Waals surface area contributed by atoms with Gasteiger partial charge in [-0.1, -0.05) is 25.7 Å². The van der Waals surface area contributed by atoms with Crippen LogP contribution in [0.5, 0.6) is 11.5 Å². The number of carbonyl (C=O) groups is 2. The largest absolute Gasteiger partial charge is 0.481 e. The van der Waals surface area contributed by atoms with E-state index in [1.807, 2.05) is 18.7 Å². The molecule has 51 heavy (non-hydrogen) atoms. The Balaban J connectivity index is 0.000000351. The van der Waals surface area contributed by atoms with Gasteiger partial charge in [-0.15, -0.1) is 24.2 Å². The van der Waals surface area contributed by atoms with Gasteiger partial charge < -0.3 is 25.0 Å². The average molecular weight is 767 g/mol. The smallest absolute Gasteiger partial charge is 0.327 e. The third-order valence-electron chi connectivity index (χ3n) is 9.10. The Labute approximate surface area is 307 Å². The van der Waals surface area contributed by atoms with Crippen LogP contribution >= 0.6 is 12.4 Å². The maximum absolute atomic E-state index is 13.5. The lowest BCUT2D eigenvalue weighted by Crippen LogP contribution is -2.64. The number of halogens is 1. The van der Waals surface area contributed by atoms with Crippen LogP contribution in [-0.4, -0.2) is 98.8 Å². The van der Waals surface area contributed by atoms with Gasteiger partial charge in [0.2, 0.25) is 0 Å². The third-order valence-corrected chi connectivity index (χ3v) is 14.0. The Morgan fingerprint density at radius 1 is 0.824 bits per heavy atom. The second-order valence-corrected chi connectivity index (χ2v) is 16.3. The normalized spacial score (nSPS) is 21.8. The molecule has 0 radical (unpaired) electrons. The van der Waals surface area contributed by atoms with Crippen LogP contribution in [-0.2, 0) is 29.3 Å². The van der Waals surface area contributed by atoms with Gasteiger partial charge in [-0.25, -0.2) is 16.8 Å². The molecule has 2 fully saturated rings. The Morgan fingerprint density at radius 3 is 1.73 bits per heavy atom. The molecule has 3 atom stereocenters.